The molecule has 0 fully saturated rings. The third-order valence-corrected chi connectivity index (χ3v) is 3.03. The van der Waals surface area contributed by atoms with Gasteiger partial charge < -0.3 is 10.6 Å². The molecule has 0 saturated carbocycles. The van der Waals surface area contributed by atoms with E-state index in [1.165, 1.54) is 12.1 Å². The normalized spacial score (nSPS) is 12.0. The molecule has 0 radical (unpaired) electrons. The summed E-state index contributed by atoms with van der Waals surface area (Å²) in [4.78, 5) is 12.3. The fourth-order valence-corrected chi connectivity index (χ4v) is 1.92. The van der Waals surface area contributed by atoms with E-state index < -0.39 is 0 Å². The molecule has 0 aliphatic rings. The zero-order chi connectivity index (χ0) is 15.2. The van der Waals surface area contributed by atoms with Gasteiger partial charge in [0.25, 0.3) is 0 Å². The summed E-state index contributed by atoms with van der Waals surface area (Å²) < 4.78 is 12.9. The molecule has 1 atom stereocenters. The van der Waals surface area contributed by atoms with Gasteiger partial charge in [0.1, 0.15) is 5.82 Å². The second-order valence-electron chi connectivity index (χ2n) is 4.60. The zero-order valence-electron chi connectivity index (χ0n) is 11.9. The van der Waals surface area contributed by atoms with Gasteiger partial charge in [-0.2, -0.15) is 15.0 Å². The molecule has 5 nitrogen and oxygen atoms in total. The molecule has 1 unspecified atom stereocenters. The maximum Gasteiger partial charge on any atom is 0.229 e. The summed E-state index contributed by atoms with van der Waals surface area (Å²) in [6, 6.07) is 6.19. The maximum atomic E-state index is 12.9. The van der Waals surface area contributed by atoms with Crippen molar-refractivity contribution >= 4 is 23.5 Å². The molecular formula is C14H17ClFN5. The molecule has 21 heavy (non-hydrogen) atoms. The first-order chi connectivity index (χ1) is 10.1. The summed E-state index contributed by atoms with van der Waals surface area (Å²) in [5, 5.41) is 6.31. The maximum absolute atomic E-state index is 12.9. The smallest absolute Gasteiger partial charge is 0.229 e. The van der Waals surface area contributed by atoms with Crippen LogP contribution in [-0.4, -0.2) is 21.5 Å². The molecule has 1 aromatic carbocycles. The van der Waals surface area contributed by atoms with E-state index in [4.69, 9.17) is 11.6 Å². The standard InChI is InChI=1S/C14H17ClFN5/c1-3-8-17-13-19-12(15)20-14(21-13)18-9(2)10-4-6-11(16)7-5-10/h4-7,9H,3,8H2,1-2H3,(H2,17,18,19,20,21). The van der Waals surface area contributed by atoms with E-state index in [-0.39, 0.29) is 17.1 Å². The van der Waals surface area contributed by atoms with Crippen molar-refractivity contribution in [1.29, 1.82) is 0 Å². The minimum atomic E-state index is -0.264. The van der Waals surface area contributed by atoms with Gasteiger partial charge in [0.15, 0.2) is 0 Å². The summed E-state index contributed by atoms with van der Waals surface area (Å²) in [6.45, 7) is 4.74. The molecule has 1 heterocycles. The van der Waals surface area contributed by atoms with Crippen LogP contribution in [0.2, 0.25) is 5.28 Å². The number of halogens is 2. The van der Waals surface area contributed by atoms with Gasteiger partial charge >= 0.3 is 0 Å². The quantitative estimate of drug-likeness (QED) is 0.852. The summed E-state index contributed by atoms with van der Waals surface area (Å²) in [5.74, 6) is 0.552. The van der Waals surface area contributed by atoms with Crippen LogP contribution in [0.5, 0.6) is 0 Å². The van der Waals surface area contributed by atoms with Gasteiger partial charge in [-0.3, -0.25) is 0 Å². The van der Waals surface area contributed by atoms with Gasteiger partial charge in [-0.05, 0) is 42.6 Å². The lowest BCUT2D eigenvalue weighted by molar-refractivity contribution is 0.626. The van der Waals surface area contributed by atoms with E-state index in [9.17, 15) is 4.39 Å². The highest BCUT2D eigenvalue weighted by Crippen LogP contribution is 2.18. The topological polar surface area (TPSA) is 62.7 Å². The van der Waals surface area contributed by atoms with Crippen molar-refractivity contribution in [2.45, 2.75) is 26.3 Å². The number of benzene rings is 1. The van der Waals surface area contributed by atoms with Crippen LogP contribution in [0.3, 0.4) is 0 Å². The number of nitrogens with one attached hydrogen (secondary N) is 2. The number of aromatic nitrogens is 3. The Labute approximate surface area is 128 Å². The molecule has 2 rings (SSSR count). The van der Waals surface area contributed by atoms with Crippen LogP contribution in [0.4, 0.5) is 16.3 Å². The van der Waals surface area contributed by atoms with Crippen LogP contribution in [0, 0.1) is 5.82 Å². The fraction of sp³-hybridized carbons (Fsp3) is 0.357. The number of anilines is 2. The molecule has 0 amide bonds. The molecule has 2 aromatic rings. The van der Waals surface area contributed by atoms with Crippen molar-refractivity contribution in [2.24, 2.45) is 0 Å². The molecular weight excluding hydrogens is 293 g/mol. The molecule has 1 aromatic heterocycles. The van der Waals surface area contributed by atoms with E-state index in [2.05, 4.69) is 25.6 Å². The Morgan fingerprint density at radius 3 is 2.48 bits per heavy atom. The second-order valence-corrected chi connectivity index (χ2v) is 4.93. The first-order valence-corrected chi connectivity index (χ1v) is 7.13. The molecule has 0 aliphatic carbocycles. The van der Waals surface area contributed by atoms with Crippen LogP contribution in [0.25, 0.3) is 0 Å². The third kappa shape index (κ3) is 4.53. The SMILES string of the molecule is CCCNc1nc(Cl)nc(NC(C)c2ccc(F)cc2)n1. The predicted octanol–water partition coefficient (Wildman–Crippen LogP) is 3.66. The number of hydrogen-bond acceptors (Lipinski definition) is 5. The first kappa shape index (κ1) is 15.4. The van der Waals surface area contributed by atoms with Gasteiger partial charge in [0.05, 0.1) is 6.04 Å². The minimum Gasteiger partial charge on any atom is -0.354 e. The van der Waals surface area contributed by atoms with Crippen LogP contribution in [0.1, 0.15) is 31.9 Å². The van der Waals surface area contributed by atoms with E-state index in [1.807, 2.05) is 13.8 Å². The van der Waals surface area contributed by atoms with Crippen LogP contribution < -0.4 is 10.6 Å². The molecule has 0 bridgehead atoms. The average Bonchev–Trinajstić information content (AvgIpc) is 2.45. The van der Waals surface area contributed by atoms with Crippen LogP contribution in [0.15, 0.2) is 24.3 Å². The van der Waals surface area contributed by atoms with Crippen molar-refractivity contribution in [3.05, 3.63) is 40.9 Å². The number of hydrogen-bond donors (Lipinski definition) is 2. The zero-order valence-corrected chi connectivity index (χ0v) is 12.7. The van der Waals surface area contributed by atoms with E-state index in [1.54, 1.807) is 12.1 Å². The van der Waals surface area contributed by atoms with Gasteiger partial charge in [-0.1, -0.05) is 19.1 Å². The van der Waals surface area contributed by atoms with E-state index in [0.717, 1.165) is 18.5 Å². The van der Waals surface area contributed by atoms with Gasteiger partial charge in [0.2, 0.25) is 17.2 Å². The second kappa shape index (κ2) is 7.17. The molecule has 0 saturated heterocycles. The highest BCUT2D eigenvalue weighted by atomic mass is 35.5. The number of rotatable bonds is 6. The Kier molecular flexibility index (Phi) is 5.27. The van der Waals surface area contributed by atoms with Gasteiger partial charge in [0, 0.05) is 6.54 Å². The molecule has 0 aliphatic heterocycles. The Balaban J connectivity index is 2.10. The van der Waals surface area contributed by atoms with Gasteiger partial charge in [-0.25, -0.2) is 4.39 Å². The average molecular weight is 310 g/mol. The first-order valence-electron chi connectivity index (χ1n) is 6.76. The molecule has 112 valence electrons. The summed E-state index contributed by atoms with van der Waals surface area (Å²) >= 11 is 5.89. The lowest BCUT2D eigenvalue weighted by Gasteiger charge is -2.14. The van der Waals surface area contributed by atoms with Crippen molar-refractivity contribution in [3.8, 4) is 0 Å². The highest BCUT2D eigenvalue weighted by molar-refractivity contribution is 6.28. The summed E-state index contributed by atoms with van der Waals surface area (Å²) in [6.07, 6.45) is 0.956. The molecule has 2 N–H and O–H groups in total. The lowest BCUT2D eigenvalue weighted by atomic mass is 10.1. The molecule has 7 heteroatoms. The molecule has 0 spiro atoms. The van der Waals surface area contributed by atoms with Crippen LogP contribution in [-0.2, 0) is 0 Å². The number of nitrogens with zero attached hydrogens (tertiary/aromatic N) is 3. The van der Waals surface area contributed by atoms with E-state index in [0.29, 0.717) is 11.9 Å². The summed E-state index contributed by atoms with van der Waals surface area (Å²) in [7, 11) is 0. The fourth-order valence-electron chi connectivity index (χ4n) is 1.76. The Morgan fingerprint density at radius 2 is 1.81 bits per heavy atom. The minimum absolute atomic E-state index is 0.0805. The Bertz CT molecular complexity index is 590. The predicted molar refractivity (Wildman–Crippen MR) is 82.1 cm³/mol. The lowest BCUT2D eigenvalue weighted by Crippen LogP contribution is -2.12. The van der Waals surface area contributed by atoms with E-state index >= 15 is 0 Å². The highest BCUT2D eigenvalue weighted by Gasteiger charge is 2.10. The third-order valence-electron chi connectivity index (χ3n) is 2.86. The van der Waals surface area contributed by atoms with Crippen molar-refractivity contribution < 1.29 is 4.39 Å². The van der Waals surface area contributed by atoms with Crippen molar-refractivity contribution in [1.82, 2.24) is 15.0 Å². The van der Waals surface area contributed by atoms with Crippen molar-refractivity contribution in [2.75, 3.05) is 17.2 Å². The Hall–Kier alpha value is -1.95. The van der Waals surface area contributed by atoms with Gasteiger partial charge in [-0.15, -0.1) is 0 Å². The van der Waals surface area contributed by atoms with Crippen molar-refractivity contribution in [3.63, 3.8) is 0 Å². The summed E-state index contributed by atoms with van der Waals surface area (Å²) in [5.41, 5.74) is 0.927. The monoisotopic (exact) mass is 309 g/mol. The largest absolute Gasteiger partial charge is 0.354 e. The Morgan fingerprint density at radius 1 is 1.14 bits per heavy atom. The van der Waals surface area contributed by atoms with Crippen LogP contribution >= 0.6 is 11.6 Å².